The minimum Gasteiger partial charge on any atom is -0.465 e. The first kappa shape index (κ1) is 54.8. The van der Waals surface area contributed by atoms with Crippen LogP contribution in [-0.4, -0.2) is 93.7 Å². The summed E-state index contributed by atoms with van der Waals surface area (Å²) in [5.41, 5.74) is 0. The molecule has 1 rings (SSSR count). The van der Waals surface area contributed by atoms with Crippen LogP contribution in [0.3, 0.4) is 0 Å². The van der Waals surface area contributed by atoms with Gasteiger partial charge in [0.15, 0.2) is 0 Å². The second-order valence-corrected chi connectivity index (χ2v) is 15.8. The van der Waals surface area contributed by atoms with E-state index >= 15 is 0 Å². The maximum absolute atomic E-state index is 14.1. The van der Waals surface area contributed by atoms with Crippen molar-refractivity contribution in [3.05, 3.63) is 36.5 Å². The van der Waals surface area contributed by atoms with Crippen LogP contribution in [0.4, 0.5) is 4.79 Å². The van der Waals surface area contributed by atoms with Gasteiger partial charge in [0.2, 0.25) is 0 Å². The second-order valence-electron chi connectivity index (χ2n) is 15.8. The molecule has 1 saturated heterocycles. The summed E-state index contributed by atoms with van der Waals surface area (Å²) < 4.78 is 40.4. The Kier molecular flexibility index (Phi) is 33.3. The van der Waals surface area contributed by atoms with Gasteiger partial charge in [-0.05, 0) is 109 Å². The fraction of sp³-hybridized carbons (Fsp3) is 0.792. The van der Waals surface area contributed by atoms with Gasteiger partial charge in [-0.3, -0.25) is 9.59 Å². The normalized spacial score (nSPS) is 16.0. The predicted octanol–water partition coefficient (Wildman–Crippen LogP) is 11.0. The lowest BCUT2D eigenvalue weighted by Gasteiger charge is -2.33. The van der Waals surface area contributed by atoms with E-state index in [-0.39, 0.29) is 57.6 Å². The summed E-state index contributed by atoms with van der Waals surface area (Å²) in [5, 5.41) is 0. The first-order valence-corrected chi connectivity index (χ1v) is 23.4. The number of nitrogens with zero attached hydrogens (tertiary/aromatic N) is 1. The second kappa shape index (κ2) is 36.4. The number of carbonyl (C=O) groups excluding carboxylic acids is 4. The van der Waals surface area contributed by atoms with Crippen molar-refractivity contribution in [3.63, 3.8) is 0 Å². The summed E-state index contributed by atoms with van der Waals surface area (Å²) in [7, 11) is 0. The lowest BCUT2D eigenvalue weighted by molar-refractivity contribution is -0.266. The summed E-state index contributed by atoms with van der Waals surface area (Å²) in [6.07, 6.45) is 25.9. The largest absolute Gasteiger partial charge is 0.511 e. The van der Waals surface area contributed by atoms with Gasteiger partial charge in [-0.1, -0.05) is 90.8 Å². The number of ether oxygens (including phenoxy) is 7. The standard InChI is InChI=1S/C48H83NO11/c1-7-12-15-18-21-22-27-35-54-43(50)32-25-26-33-44(51)55-39-41(6)45(60-47(53)56-40-42-31-30-34-49(11-5)38-42)59-46(52)48(10-4,57-36-28-23-19-16-13-8-2)58-37-29-24-20-17-14-9-3/h13-14,16-17,21-22,41-42,45H,7-12,15,18-20,23-40H2,1-6H3/b16-13-,17-14-,22-21-. The zero-order chi connectivity index (χ0) is 44.1. The number of allylic oxidation sites excluding steroid dienone is 5. The van der Waals surface area contributed by atoms with Crippen molar-refractivity contribution in [2.45, 2.75) is 182 Å². The molecule has 3 atom stereocenters. The Balaban J connectivity index is 2.91. The van der Waals surface area contributed by atoms with Gasteiger partial charge in [0, 0.05) is 31.7 Å². The summed E-state index contributed by atoms with van der Waals surface area (Å²) >= 11 is 0. The minimum absolute atomic E-state index is 0.0904. The summed E-state index contributed by atoms with van der Waals surface area (Å²) in [5.74, 6) is -3.90. The van der Waals surface area contributed by atoms with Crippen molar-refractivity contribution in [1.29, 1.82) is 0 Å². The van der Waals surface area contributed by atoms with Crippen molar-refractivity contribution in [3.8, 4) is 0 Å². The molecule has 60 heavy (non-hydrogen) atoms. The number of rotatable bonds is 36. The average molecular weight is 850 g/mol. The number of likely N-dealkylation sites (tertiary alicyclic amines) is 1. The van der Waals surface area contributed by atoms with Gasteiger partial charge in [-0.15, -0.1) is 0 Å². The van der Waals surface area contributed by atoms with Crippen LogP contribution in [0.25, 0.3) is 0 Å². The summed E-state index contributed by atoms with van der Waals surface area (Å²) in [6, 6.07) is 0. The molecule has 1 heterocycles. The maximum atomic E-state index is 14.1. The summed E-state index contributed by atoms with van der Waals surface area (Å²) in [6.45, 7) is 15.6. The third-order valence-corrected chi connectivity index (χ3v) is 10.4. The van der Waals surface area contributed by atoms with E-state index in [1.807, 2.05) is 6.08 Å². The van der Waals surface area contributed by atoms with Crippen molar-refractivity contribution >= 4 is 24.1 Å². The number of carbonyl (C=O) groups is 4. The van der Waals surface area contributed by atoms with Crippen molar-refractivity contribution < 1.29 is 52.3 Å². The molecule has 346 valence electrons. The first-order chi connectivity index (χ1) is 29.1. The average Bonchev–Trinajstić information content (AvgIpc) is 3.25. The third kappa shape index (κ3) is 26.9. The highest BCUT2D eigenvalue weighted by molar-refractivity contribution is 5.78. The number of unbranched alkanes of at least 4 members (excludes halogenated alkanes) is 8. The molecular formula is C48H83NO11. The molecule has 0 amide bonds. The van der Waals surface area contributed by atoms with Gasteiger partial charge in [0.25, 0.3) is 12.1 Å². The van der Waals surface area contributed by atoms with Crippen LogP contribution in [0.15, 0.2) is 36.5 Å². The quantitative estimate of drug-likeness (QED) is 0.0195. The van der Waals surface area contributed by atoms with Crippen LogP contribution in [0.2, 0.25) is 0 Å². The Morgan fingerprint density at radius 3 is 1.83 bits per heavy atom. The Bertz CT molecular complexity index is 1190. The molecule has 1 fully saturated rings. The van der Waals surface area contributed by atoms with E-state index in [1.165, 1.54) is 19.3 Å². The smallest absolute Gasteiger partial charge is 0.465 e. The SMILES string of the molecule is CC/C=C\CCCCOC(CC)(OCCCC/C=C\CC)C(=O)OC(OC(=O)OCC1CCCN(CC)C1)C(C)COC(=O)CCCCC(=O)OCC/C=C\CCCCC. The molecule has 12 heteroatoms. The van der Waals surface area contributed by atoms with Gasteiger partial charge < -0.3 is 38.1 Å². The minimum atomic E-state index is -1.72. The molecule has 0 aromatic carbocycles. The maximum Gasteiger partial charge on any atom is 0.511 e. The highest BCUT2D eigenvalue weighted by atomic mass is 16.8. The third-order valence-electron chi connectivity index (χ3n) is 10.4. The van der Waals surface area contributed by atoms with E-state index in [4.69, 9.17) is 33.2 Å². The highest BCUT2D eigenvalue weighted by Gasteiger charge is 2.44. The fourth-order valence-electron chi connectivity index (χ4n) is 6.60. The number of hydrogen-bond acceptors (Lipinski definition) is 12. The van der Waals surface area contributed by atoms with Crippen molar-refractivity contribution in [2.75, 3.05) is 52.7 Å². The van der Waals surface area contributed by atoms with E-state index in [9.17, 15) is 19.2 Å². The topological polar surface area (TPSA) is 136 Å². The monoisotopic (exact) mass is 850 g/mol. The van der Waals surface area contributed by atoms with Crippen LogP contribution >= 0.6 is 0 Å². The van der Waals surface area contributed by atoms with E-state index in [1.54, 1.807) is 13.8 Å². The van der Waals surface area contributed by atoms with Crippen molar-refractivity contribution in [2.24, 2.45) is 11.8 Å². The van der Waals surface area contributed by atoms with E-state index in [2.05, 4.69) is 63.0 Å². The lowest BCUT2D eigenvalue weighted by atomic mass is 9.99. The Morgan fingerprint density at radius 1 is 0.667 bits per heavy atom. The van der Waals surface area contributed by atoms with Gasteiger partial charge >= 0.3 is 24.1 Å². The zero-order valence-electron chi connectivity index (χ0n) is 38.4. The molecule has 12 nitrogen and oxygen atoms in total. The van der Waals surface area contributed by atoms with Crippen LogP contribution in [0.1, 0.15) is 170 Å². The molecule has 0 bridgehead atoms. The van der Waals surface area contributed by atoms with Gasteiger partial charge in [-0.25, -0.2) is 9.59 Å². The Labute approximate surface area is 363 Å². The number of piperidine rings is 1. The molecule has 0 saturated carbocycles. The van der Waals surface area contributed by atoms with Crippen LogP contribution in [0.5, 0.6) is 0 Å². The molecule has 1 aliphatic heterocycles. The van der Waals surface area contributed by atoms with E-state index < -0.39 is 36.1 Å². The summed E-state index contributed by atoms with van der Waals surface area (Å²) in [4.78, 5) is 54.5. The molecular weight excluding hydrogens is 767 g/mol. The molecule has 3 unspecified atom stereocenters. The van der Waals surface area contributed by atoms with Crippen LogP contribution in [-0.2, 0) is 47.5 Å². The predicted molar refractivity (Wildman–Crippen MR) is 236 cm³/mol. The van der Waals surface area contributed by atoms with Gasteiger partial charge in [0.05, 0.1) is 32.3 Å². The molecule has 0 aromatic heterocycles. The van der Waals surface area contributed by atoms with Crippen LogP contribution < -0.4 is 0 Å². The molecule has 0 spiro atoms. The first-order valence-electron chi connectivity index (χ1n) is 23.4. The van der Waals surface area contributed by atoms with Gasteiger partial charge in [-0.2, -0.15) is 0 Å². The fourth-order valence-corrected chi connectivity index (χ4v) is 6.60. The van der Waals surface area contributed by atoms with E-state index in [0.717, 1.165) is 77.4 Å². The molecule has 0 aromatic rings. The Hall–Kier alpha value is -3.22. The van der Waals surface area contributed by atoms with Crippen molar-refractivity contribution in [1.82, 2.24) is 4.90 Å². The number of hydrogen-bond donors (Lipinski definition) is 0. The molecule has 1 aliphatic rings. The molecule has 0 N–H and O–H groups in total. The highest BCUT2D eigenvalue weighted by Crippen LogP contribution is 2.26. The lowest BCUT2D eigenvalue weighted by Crippen LogP contribution is -2.48. The molecule has 0 aliphatic carbocycles. The Morgan fingerprint density at radius 2 is 1.25 bits per heavy atom. The van der Waals surface area contributed by atoms with Crippen LogP contribution in [0, 0.1) is 11.8 Å². The molecule has 0 radical (unpaired) electrons. The number of esters is 3. The van der Waals surface area contributed by atoms with E-state index in [0.29, 0.717) is 38.7 Å². The zero-order valence-corrected chi connectivity index (χ0v) is 38.4. The van der Waals surface area contributed by atoms with Gasteiger partial charge in [0.1, 0.15) is 6.61 Å².